The first-order valence-corrected chi connectivity index (χ1v) is 11.4. The zero-order valence-corrected chi connectivity index (χ0v) is 21.2. The molecule has 0 aromatic rings. The molecule has 0 nitrogen and oxygen atoms in total. The zero-order chi connectivity index (χ0) is 21.2. The molecule has 0 rings (SSSR count). The van der Waals surface area contributed by atoms with Crippen molar-refractivity contribution in [2.24, 2.45) is 57.7 Å². The standard InChI is InChI=1S/C26H54/c1-16-25(12,13)26(14,15)23(8)21(6)19(4)17(2)18(3)20(5)22(7)24(9,10)11/h17-23H,16H2,1-15H3. The monoisotopic (exact) mass is 366 g/mol. The molecule has 0 aliphatic carbocycles. The quantitative estimate of drug-likeness (QED) is 0.382. The third-order valence-corrected chi connectivity index (χ3v) is 10.0. The smallest absolute Gasteiger partial charge is 0.0275 e. The summed E-state index contributed by atoms with van der Waals surface area (Å²) in [6.45, 7) is 37.0. The molecular formula is C26H54. The van der Waals surface area contributed by atoms with Gasteiger partial charge in [0.25, 0.3) is 0 Å². The molecule has 0 radical (unpaired) electrons. The lowest BCUT2D eigenvalue weighted by Crippen LogP contribution is -2.43. The fourth-order valence-corrected chi connectivity index (χ4v) is 4.86. The molecule has 0 aliphatic rings. The fraction of sp³-hybridized carbons (Fsp3) is 1.00. The van der Waals surface area contributed by atoms with E-state index < -0.39 is 0 Å². The second-order valence-corrected chi connectivity index (χ2v) is 12.2. The lowest BCUT2D eigenvalue weighted by molar-refractivity contribution is -0.0114. The second kappa shape index (κ2) is 9.00. The third kappa shape index (κ3) is 5.51. The van der Waals surface area contributed by atoms with E-state index in [0.717, 1.165) is 41.4 Å². The van der Waals surface area contributed by atoms with Crippen LogP contribution in [0.15, 0.2) is 0 Å². The number of hydrogen-bond donors (Lipinski definition) is 0. The Morgan fingerprint density at radius 2 is 0.808 bits per heavy atom. The van der Waals surface area contributed by atoms with E-state index in [1.807, 2.05) is 0 Å². The van der Waals surface area contributed by atoms with Crippen LogP contribution >= 0.6 is 0 Å². The zero-order valence-electron chi connectivity index (χ0n) is 21.2. The Morgan fingerprint density at radius 3 is 1.12 bits per heavy atom. The molecule has 0 amide bonds. The number of rotatable bonds is 9. The minimum atomic E-state index is 0.350. The van der Waals surface area contributed by atoms with Crippen molar-refractivity contribution in [1.29, 1.82) is 0 Å². The molecule has 0 bridgehead atoms. The van der Waals surface area contributed by atoms with E-state index >= 15 is 0 Å². The van der Waals surface area contributed by atoms with Gasteiger partial charge in [-0.3, -0.25) is 0 Å². The first-order chi connectivity index (χ1) is 11.4. The summed E-state index contributed by atoms with van der Waals surface area (Å²) in [6.07, 6.45) is 1.25. The first kappa shape index (κ1) is 26.0. The van der Waals surface area contributed by atoms with Gasteiger partial charge in [0, 0.05) is 0 Å². The predicted octanol–water partition coefficient (Wildman–Crippen LogP) is 8.95. The van der Waals surface area contributed by atoms with E-state index in [2.05, 4.69) is 104 Å². The van der Waals surface area contributed by atoms with Crippen LogP contribution in [-0.4, -0.2) is 0 Å². The third-order valence-electron chi connectivity index (χ3n) is 10.0. The number of hydrogen-bond acceptors (Lipinski definition) is 0. The van der Waals surface area contributed by atoms with Gasteiger partial charge in [0.1, 0.15) is 0 Å². The summed E-state index contributed by atoms with van der Waals surface area (Å²) in [5.41, 5.74) is 1.12. The summed E-state index contributed by atoms with van der Waals surface area (Å²) in [4.78, 5) is 0. The molecular weight excluding hydrogens is 312 g/mol. The van der Waals surface area contributed by atoms with Gasteiger partial charge in [0.2, 0.25) is 0 Å². The molecule has 0 spiro atoms. The average Bonchev–Trinajstić information content (AvgIpc) is 2.55. The Balaban J connectivity index is 5.30. The molecule has 0 aromatic carbocycles. The Kier molecular flexibility index (Phi) is 9.00. The second-order valence-electron chi connectivity index (χ2n) is 12.2. The highest BCUT2D eigenvalue weighted by atomic mass is 14.5. The van der Waals surface area contributed by atoms with Crippen molar-refractivity contribution in [3.8, 4) is 0 Å². The van der Waals surface area contributed by atoms with Crippen LogP contribution in [0.1, 0.15) is 110 Å². The summed E-state index contributed by atoms with van der Waals surface area (Å²) in [6, 6.07) is 0. The topological polar surface area (TPSA) is 0 Å². The first-order valence-electron chi connectivity index (χ1n) is 11.4. The fourth-order valence-electron chi connectivity index (χ4n) is 4.86. The van der Waals surface area contributed by atoms with Crippen LogP contribution in [0.3, 0.4) is 0 Å². The summed E-state index contributed by atoms with van der Waals surface area (Å²) in [5, 5.41) is 0. The average molecular weight is 367 g/mol. The molecule has 26 heavy (non-hydrogen) atoms. The maximum atomic E-state index is 2.52. The molecule has 0 heteroatoms. The Labute approximate surface area is 168 Å². The van der Waals surface area contributed by atoms with Crippen LogP contribution in [0.25, 0.3) is 0 Å². The van der Waals surface area contributed by atoms with Crippen molar-refractivity contribution in [3.05, 3.63) is 0 Å². The van der Waals surface area contributed by atoms with Crippen molar-refractivity contribution in [3.63, 3.8) is 0 Å². The SMILES string of the molecule is CCC(C)(C)C(C)(C)C(C)C(C)C(C)C(C)C(C)C(C)C(C)C(C)(C)C. The largest absolute Gasteiger partial charge is 0.0649 e. The van der Waals surface area contributed by atoms with Crippen LogP contribution in [0, 0.1) is 57.7 Å². The van der Waals surface area contributed by atoms with Crippen LogP contribution in [0.4, 0.5) is 0 Å². The highest BCUT2D eigenvalue weighted by molar-refractivity contribution is 4.93. The van der Waals surface area contributed by atoms with E-state index in [-0.39, 0.29) is 0 Å². The maximum Gasteiger partial charge on any atom is -0.0275 e. The summed E-state index contributed by atoms with van der Waals surface area (Å²) in [5.74, 6) is 5.23. The molecule has 0 fully saturated rings. The predicted molar refractivity (Wildman–Crippen MR) is 121 cm³/mol. The molecule has 0 N–H and O–H groups in total. The van der Waals surface area contributed by atoms with Gasteiger partial charge in [0.05, 0.1) is 0 Å². The van der Waals surface area contributed by atoms with Gasteiger partial charge >= 0.3 is 0 Å². The van der Waals surface area contributed by atoms with Gasteiger partial charge in [-0.2, -0.15) is 0 Å². The van der Waals surface area contributed by atoms with Crippen molar-refractivity contribution >= 4 is 0 Å². The van der Waals surface area contributed by atoms with Crippen molar-refractivity contribution < 1.29 is 0 Å². The van der Waals surface area contributed by atoms with Gasteiger partial charge in [0.15, 0.2) is 0 Å². The highest BCUT2D eigenvalue weighted by Crippen LogP contribution is 2.51. The van der Waals surface area contributed by atoms with Crippen molar-refractivity contribution in [2.45, 2.75) is 110 Å². The molecule has 158 valence electrons. The van der Waals surface area contributed by atoms with Gasteiger partial charge in [-0.25, -0.2) is 0 Å². The van der Waals surface area contributed by atoms with Gasteiger partial charge in [-0.15, -0.1) is 0 Å². The Hall–Kier alpha value is 0. The summed E-state index contributed by atoms with van der Waals surface area (Å²) in [7, 11) is 0. The Bertz CT molecular complexity index is 408. The van der Waals surface area contributed by atoms with Crippen LogP contribution in [0.5, 0.6) is 0 Å². The molecule has 7 unspecified atom stereocenters. The normalized spacial score (nSPS) is 22.3. The van der Waals surface area contributed by atoms with E-state index in [1.165, 1.54) is 6.42 Å². The lowest BCUT2D eigenvalue weighted by atomic mass is 9.55. The molecule has 0 saturated heterocycles. The molecule has 0 aliphatic heterocycles. The van der Waals surface area contributed by atoms with E-state index in [9.17, 15) is 0 Å². The van der Waals surface area contributed by atoms with E-state index in [0.29, 0.717) is 16.2 Å². The van der Waals surface area contributed by atoms with E-state index in [1.54, 1.807) is 0 Å². The minimum absolute atomic E-state index is 0.350. The minimum Gasteiger partial charge on any atom is -0.0649 e. The van der Waals surface area contributed by atoms with Crippen molar-refractivity contribution in [2.75, 3.05) is 0 Å². The summed E-state index contributed by atoms with van der Waals surface area (Å²) < 4.78 is 0. The van der Waals surface area contributed by atoms with E-state index in [4.69, 9.17) is 0 Å². The lowest BCUT2D eigenvalue weighted by Gasteiger charge is -2.50. The van der Waals surface area contributed by atoms with Crippen LogP contribution < -0.4 is 0 Å². The van der Waals surface area contributed by atoms with Gasteiger partial charge in [-0.1, -0.05) is 110 Å². The molecule has 0 heterocycles. The van der Waals surface area contributed by atoms with Crippen LogP contribution in [-0.2, 0) is 0 Å². The highest BCUT2D eigenvalue weighted by Gasteiger charge is 2.44. The summed E-state index contributed by atoms with van der Waals surface area (Å²) >= 11 is 0. The Morgan fingerprint density at radius 1 is 0.500 bits per heavy atom. The van der Waals surface area contributed by atoms with Crippen molar-refractivity contribution in [1.82, 2.24) is 0 Å². The van der Waals surface area contributed by atoms with Crippen LogP contribution in [0.2, 0.25) is 0 Å². The van der Waals surface area contributed by atoms with Gasteiger partial charge < -0.3 is 0 Å². The van der Waals surface area contributed by atoms with Gasteiger partial charge in [-0.05, 0) is 57.7 Å². The molecule has 7 atom stereocenters. The molecule has 0 aromatic heterocycles. The molecule has 0 saturated carbocycles. The maximum absolute atomic E-state index is 2.52.